The predicted octanol–water partition coefficient (Wildman–Crippen LogP) is 3.11. The Labute approximate surface area is 134 Å². The first-order chi connectivity index (χ1) is 10.3. The molecule has 5 heteroatoms. The number of nitrogens with one attached hydrogen (secondary N) is 1. The van der Waals surface area contributed by atoms with Crippen molar-refractivity contribution in [2.75, 3.05) is 19.6 Å². The molecule has 0 aromatic carbocycles. The van der Waals surface area contributed by atoms with Crippen LogP contribution in [0.4, 0.5) is 4.79 Å². The summed E-state index contributed by atoms with van der Waals surface area (Å²) >= 11 is 0. The van der Waals surface area contributed by atoms with Gasteiger partial charge in [0.1, 0.15) is 5.60 Å². The summed E-state index contributed by atoms with van der Waals surface area (Å²) in [7, 11) is 0. The number of ether oxygens (including phenoxy) is 1. The Hall–Kier alpha value is -1.52. The van der Waals surface area contributed by atoms with Gasteiger partial charge < -0.3 is 15.0 Å². The van der Waals surface area contributed by atoms with Gasteiger partial charge >= 0.3 is 6.09 Å². The van der Waals surface area contributed by atoms with Gasteiger partial charge in [0.2, 0.25) is 5.91 Å². The summed E-state index contributed by atoms with van der Waals surface area (Å²) in [4.78, 5) is 25.1. The zero-order chi connectivity index (χ0) is 16.6. The summed E-state index contributed by atoms with van der Waals surface area (Å²) in [5, 5.41) is 2.75. The number of hydrogen-bond acceptors (Lipinski definition) is 3. The normalized spacial score (nSPS) is 18.4. The molecule has 1 heterocycles. The van der Waals surface area contributed by atoms with Gasteiger partial charge in [0, 0.05) is 32.0 Å². The summed E-state index contributed by atoms with van der Waals surface area (Å²) in [5.41, 5.74) is -0.449. The molecule has 0 radical (unpaired) electrons. The Balaban J connectivity index is 1.99. The SMILES string of the molecule is C=CC1CC(=O)N(CCCCCCNC(=O)OC(C)(C)C)C1. The van der Waals surface area contributed by atoms with Crippen LogP contribution < -0.4 is 5.32 Å². The first-order valence-electron chi connectivity index (χ1n) is 8.19. The van der Waals surface area contributed by atoms with Crippen LogP contribution in [0.25, 0.3) is 0 Å². The quantitative estimate of drug-likeness (QED) is 0.553. The van der Waals surface area contributed by atoms with E-state index in [0.29, 0.717) is 18.9 Å². The number of nitrogens with zero attached hydrogens (tertiary/aromatic N) is 1. The molecule has 1 unspecified atom stereocenters. The topological polar surface area (TPSA) is 58.6 Å². The predicted molar refractivity (Wildman–Crippen MR) is 87.6 cm³/mol. The highest BCUT2D eigenvalue weighted by Gasteiger charge is 2.26. The molecule has 22 heavy (non-hydrogen) atoms. The van der Waals surface area contributed by atoms with Crippen LogP contribution in [-0.4, -0.2) is 42.1 Å². The van der Waals surface area contributed by atoms with Crippen molar-refractivity contribution in [2.24, 2.45) is 5.92 Å². The number of carbonyl (C=O) groups is 2. The van der Waals surface area contributed by atoms with Crippen LogP contribution in [0, 0.1) is 5.92 Å². The van der Waals surface area contributed by atoms with Gasteiger partial charge in [-0.25, -0.2) is 4.79 Å². The van der Waals surface area contributed by atoms with Crippen LogP contribution in [0.5, 0.6) is 0 Å². The van der Waals surface area contributed by atoms with E-state index in [4.69, 9.17) is 4.74 Å². The van der Waals surface area contributed by atoms with Gasteiger partial charge in [-0.15, -0.1) is 6.58 Å². The molecular formula is C17H30N2O3. The van der Waals surface area contributed by atoms with Crippen molar-refractivity contribution < 1.29 is 14.3 Å². The molecule has 1 aliphatic heterocycles. The van der Waals surface area contributed by atoms with Crippen LogP contribution in [0.3, 0.4) is 0 Å². The molecule has 126 valence electrons. The average Bonchev–Trinajstić information content (AvgIpc) is 2.76. The molecule has 0 spiro atoms. The summed E-state index contributed by atoms with van der Waals surface area (Å²) in [6, 6.07) is 0. The van der Waals surface area contributed by atoms with Gasteiger partial charge in [0.25, 0.3) is 0 Å². The van der Waals surface area contributed by atoms with E-state index in [1.807, 2.05) is 31.7 Å². The lowest BCUT2D eigenvalue weighted by atomic mass is 10.1. The van der Waals surface area contributed by atoms with E-state index in [2.05, 4.69) is 11.9 Å². The fourth-order valence-corrected chi connectivity index (χ4v) is 2.46. The number of unbranched alkanes of at least 4 members (excludes halogenated alkanes) is 3. The number of hydrogen-bond donors (Lipinski definition) is 1. The van der Waals surface area contributed by atoms with Crippen LogP contribution in [0.2, 0.25) is 0 Å². The van der Waals surface area contributed by atoms with E-state index in [-0.39, 0.29) is 12.0 Å². The van der Waals surface area contributed by atoms with Gasteiger partial charge in [0.05, 0.1) is 0 Å². The maximum atomic E-state index is 11.7. The van der Waals surface area contributed by atoms with E-state index in [0.717, 1.165) is 38.8 Å². The van der Waals surface area contributed by atoms with Crippen molar-refractivity contribution in [1.82, 2.24) is 10.2 Å². The maximum absolute atomic E-state index is 11.7. The largest absolute Gasteiger partial charge is 0.444 e. The van der Waals surface area contributed by atoms with E-state index in [9.17, 15) is 9.59 Å². The zero-order valence-corrected chi connectivity index (χ0v) is 14.2. The number of rotatable bonds is 8. The second-order valence-corrected chi connectivity index (χ2v) is 6.88. The molecule has 1 saturated heterocycles. The lowest BCUT2D eigenvalue weighted by Gasteiger charge is -2.19. The van der Waals surface area contributed by atoms with Crippen LogP contribution in [-0.2, 0) is 9.53 Å². The molecule has 0 saturated carbocycles. The fraction of sp³-hybridized carbons (Fsp3) is 0.765. The van der Waals surface area contributed by atoms with E-state index in [1.165, 1.54) is 0 Å². The van der Waals surface area contributed by atoms with E-state index < -0.39 is 5.60 Å². The van der Waals surface area contributed by atoms with Crippen LogP contribution >= 0.6 is 0 Å². The van der Waals surface area contributed by atoms with Crippen molar-refractivity contribution >= 4 is 12.0 Å². The van der Waals surface area contributed by atoms with Gasteiger partial charge in [-0.3, -0.25) is 4.79 Å². The standard InChI is InChI=1S/C17H30N2O3/c1-5-14-12-15(20)19(13-14)11-9-7-6-8-10-18-16(21)22-17(2,3)4/h5,14H,1,6-13H2,2-4H3,(H,18,21). The summed E-state index contributed by atoms with van der Waals surface area (Å²) in [6.45, 7) is 11.6. The van der Waals surface area contributed by atoms with Gasteiger partial charge in [-0.2, -0.15) is 0 Å². The Morgan fingerprint density at radius 1 is 1.36 bits per heavy atom. The van der Waals surface area contributed by atoms with Crippen molar-refractivity contribution in [1.29, 1.82) is 0 Å². The number of carbonyl (C=O) groups excluding carboxylic acids is 2. The number of amides is 2. The van der Waals surface area contributed by atoms with Crippen LogP contribution in [0.15, 0.2) is 12.7 Å². The van der Waals surface area contributed by atoms with Crippen molar-refractivity contribution in [3.8, 4) is 0 Å². The second-order valence-electron chi connectivity index (χ2n) is 6.88. The van der Waals surface area contributed by atoms with Crippen molar-refractivity contribution in [2.45, 2.75) is 58.5 Å². The van der Waals surface area contributed by atoms with Gasteiger partial charge in [0.15, 0.2) is 0 Å². The zero-order valence-electron chi connectivity index (χ0n) is 14.2. The lowest BCUT2D eigenvalue weighted by Crippen LogP contribution is -2.33. The monoisotopic (exact) mass is 310 g/mol. The number of likely N-dealkylation sites (tertiary alicyclic amines) is 1. The summed E-state index contributed by atoms with van der Waals surface area (Å²) in [5.74, 6) is 0.571. The highest BCUT2D eigenvalue weighted by molar-refractivity contribution is 5.78. The third kappa shape index (κ3) is 7.48. The third-order valence-corrected chi connectivity index (χ3v) is 3.60. The summed E-state index contributed by atoms with van der Waals surface area (Å²) < 4.78 is 5.16. The van der Waals surface area contributed by atoms with Crippen molar-refractivity contribution in [3.63, 3.8) is 0 Å². The maximum Gasteiger partial charge on any atom is 0.407 e. The molecule has 5 nitrogen and oxygen atoms in total. The van der Waals surface area contributed by atoms with E-state index in [1.54, 1.807) is 0 Å². The highest BCUT2D eigenvalue weighted by Crippen LogP contribution is 2.19. The molecule has 0 aliphatic carbocycles. The molecule has 1 rings (SSSR count). The third-order valence-electron chi connectivity index (χ3n) is 3.60. The minimum absolute atomic E-state index is 0.247. The molecule has 1 N–H and O–H groups in total. The molecule has 1 fully saturated rings. The molecule has 1 atom stereocenters. The second kappa shape index (κ2) is 8.81. The van der Waals surface area contributed by atoms with Gasteiger partial charge in [-0.1, -0.05) is 18.9 Å². The highest BCUT2D eigenvalue weighted by atomic mass is 16.6. The molecule has 0 bridgehead atoms. The Morgan fingerprint density at radius 3 is 2.64 bits per heavy atom. The molecule has 2 amide bonds. The molecule has 0 aromatic heterocycles. The summed E-state index contributed by atoms with van der Waals surface area (Å²) in [6.07, 6.45) is 6.20. The lowest BCUT2D eigenvalue weighted by molar-refractivity contribution is -0.127. The van der Waals surface area contributed by atoms with Crippen molar-refractivity contribution in [3.05, 3.63) is 12.7 Å². The molecule has 1 aliphatic rings. The Morgan fingerprint density at radius 2 is 2.05 bits per heavy atom. The minimum atomic E-state index is -0.449. The first kappa shape index (κ1) is 18.5. The Kier molecular flexibility index (Phi) is 7.42. The first-order valence-corrected chi connectivity index (χ1v) is 8.19. The smallest absolute Gasteiger partial charge is 0.407 e. The van der Waals surface area contributed by atoms with Crippen LogP contribution in [0.1, 0.15) is 52.9 Å². The molecule has 0 aromatic rings. The minimum Gasteiger partial charge on any atom is -0.444 e. The van der Waals surface area contributed by atoms with Gasteiger partial charge in [-0.05, 0) is 33.6 Å². The molecular weight excluding hydrogens is 280 g/mol. The fourth-order valence-electron chi connectivity index (χ4n) is 2.46. The van der Waals surface area contributed by atoms with E-state index >= 15 is 0 Å². The average molecular weight is 310 g/mol. The Bertz CT molecular complexity index is 388. The number of alkyl carbamates (subject to hydrolysis) is 1.